The summed E-state index contributed by atoms with van der Waals surface area (Å²) in [5.41, 5.74) is 5.25. The highest BCUT2D eigenvalue weighted by Crippen LogP contribution is 2.26. The van der Waals surface area contributed by atoms with Crippen LogP contribution in [0.2, 0.25) is 0 Å². The third kappa shape index (κ3) is 9.75. The molecule has 1 aromatic carbocycles. The first kappa shape index (κ1) is 32.5. The van der Waals surface area contributed by atoms with Crippen LogP contribution < -0.4 is 5.32 Å². The summed E-state index contributed by atoms with van der Waals surface area (Å²) in [4.78, 5) is 27.7. The second kappa shape index (κ2) is 16.4. The summed E-state index contributed by atoms with van der Waals surface area (Å²) in [6.45, 7) is 15.1. The van der Waals surface area contributed by atoms with Crippen LogP contribution >= 0.6 is 11.3 Å². The van der Waals surface area contributed by atoms with Gasteiger partial charge in [0, 0.05) is 24.0 Å². The molecule has 1 aromatic heterocycles. The third-order valence-electron chi connectivity index (χ3n) is 7.47. The zero-order valence-corrected chi connectivity index (χ0v) is 25.0. The molecule has 39 heavy (non-hydrogen) atoms. The number of nitrogens with zero attached hydrogens (tertiary/aromatic N) is 1. The van der Waals surface area contributed by atoms with E-state index in [1.165, 1.54) is 28.7 Å². The summed E-state index contributed by atoms with van der Waals surface area (Å²) in [5, 5.41) is 25.4. The van der Waals surface area contributed by atoms with Crippen molar-refractivity contribution in [1.82, 2.24) is 10.2 Å². The number of benzene rings is 1. The van der Waals surface area contributed by atoms with Gasteiger partial charge in [-0.05, 0) is 86.9 Å². The molecular weight excluding hydrogens is 508 g/mol. The van der Waals surface area contributed by atoms with E-state index in [0.717, 1.165) is 24.1 Å². The number of aliphatic hydroxyl groups is 2. The van der Waals surface area contributed by atoms with Crippen molar-refractivity contribution in [2.45, 2.75) is 85.0 Å². The zero-order valence-electron chi connectivity index (χ0n) is 24.2. The predicted molar refractivity (Wildman–Crippen MR) is 161 cm³/mol. The lowest BCUT2D eigenvalue weighted by Gasteiger charge is -2.30. The van der Waals surface area contributed by atoms with Crippen LogP contribution in [-0.2, 0) is 22.4 Å². The van der Waals surface area contributed by atoms with E-state index >= 15 is 0 Å². The highest BCUT2D eigenvalue weighted by Gasteiger charge is 2.39. The Bertz CT molecular complexity index is 1110. The van der Waals surface area contributed by atoms with Gasteiger partial charge in [0.2, 0.25) is 0 Å². The van der Waals surface area contributed by atoms with Gasteiger partial charge in [0.1, 0.15) is 0 Å². The molecule has 4 atom stereocenters. The molecule has 1 aliphatic heterocycles. The Morgan fingerprint density at radius 1 is 1.26 bits per heavy atom. The summed E-state index contributed by atoms with van der Waals surface area (Å²) < 4.78 is 0. The number of amides is 2. The topological polar surface area (TPSA) is 89.9 Å². The van der Waals surface area contributed by atoms with Crippen molar-refractivity contribution >= 4 is 23.2 Å². The Balaban J connectivity index is 0.000000798. The van der Waals surface area contributed by atoms with Gasteiger partial charge in [-0.15, -0.1) is 17.9 Å². The molecule has 1 aliphatic rings. The van der Waals surface area contributed by atoms with Gasteiger partial charge in [-0.3, -0.25) is 9.59 Å². The van der Waals surface area contributed by atoms with Crippen LogP contribution in [0.3, 0.4) is 0 Å². The number of nitrogens with one attached hydrogen (secondary N) is 1. The van der Waals surface area contributed by atoms with Gasteiger partial charge >= 0.3 is 0 Å². The van der Waals surface area contributed by atoms with E-state index in [2.05, 4.69) is 69.2 Å². The monoisotopic (exact) mass is 554 g/mol. The average molecular weight is 555 g/mol. The normalized spacial score (nSPS) is 17.6. The maximum Gasteiger partial charge on any atom is 0.254 e. The molecule has 0 spiro atoms. The molecule has 2 aromatic rings. The van der Waals surface area contributed by atoms with Crippen molar-refractivity contribution in [3.63, 3.8) is 0 Å². The van der Waals surface area contributed by atoms with Crippen molar-refractivity contribution in [3.05, 3.63) is 81.6 Å². The fourth-order valence-corrected chi connectivity index (χ4v) is 5.41. The molecular formula is C32H46N2O4S. The average Bonchev–Trinajstić information content (AvgIpc) is 3.62. The number of thiophene rings is 1. The van der Waals surface area contributed by atoms with Gasteiger partial charge in [-0.1, -0.05) is 55.8 Å². The number of hydrogen-bond donors (Lipinski definition) is 3. The highest BCUT2D eigenvalue weighted by molar-refractivity contribution is 7.10. The molecule has 7 heteroatoms. The fourth-order valence-electron chi connectivity index (χ4n) is 4.51. The zero-order chi connectivity index (χ0) is 28.9. The Morgan fingerprint density at radius 3 is 2.59 bits per heavy atom. The standard InChI is InChI=1S/C26H34N2O4S.C6H12/c1-4-17(2)22-10-7-13-28(22)26(32)24(30)23(29)25(31)27-12-11-21-15-19(16-33-21)14-20-9-6-5-8-18(20)3;1-4-6(3)5-2/h4-6,8-9,15-17,22-24,29-30H,1,7,10-14H2,2-3H3,(H,27,31);4H,5H2,1-3H3/b;6-4+/t17?,22?,23-,24-;/m1./s1. The summed E-state index contributed by atoms with van der Waals surface area (Å²) in [5.74, 6) is -1.26. The third-order valence-corrected chi connectivity index (χ3v) is 8.51. The van der Waals surface area contributed by atoms with Crippen LogP contribution in [0.5, 0.6) is 0 Å². The number of carbonyl (C=O) groups excluding carboxylic acids is 2. The second-order valence-electron chi connectivity index (χ2n) is 10.3. The quantitative estimate of drug-likeness (QED) is 0.333. The van der Waals surface area contributed by atoms with Crippen LogP contribution in [0, 0.1) is 12.8 Å². The minimum atomic E-state index is -1.79. The Kier molecular flexibility index (Phi) is 13.6. The predicted octanol–water partition coefficient (Wildman–Crippen LogP) is 5.20. The van der Waals surface area contributed by atoms with Gasteiger partial charge in [0.05, 0.1) is 0 Å². The Labute approximate surface area is 238 Å². The van der Waals surface area contributed by atoms with Crippen LogP contribution in [-0.4, -0.2) is 58.3 Å². The molecule has 2 unspecified atom stereocenters. The SMILES string of the molecule is C/C=C(\C)CC.C=CC(C)C1CCCN1C(=O)[C@H](O)[C@@H](O)C(=O)NCCc1cc(Cc2ccccc2C)cs1. The van der Waals surface area contributed by atoms with E-state index in [-0.39, 0.29) is 12.0 Å². The van der Waals surface area contributed by atoms with Crippen molar-refractivity contribution in [2.75, 3.05) is 13.1 Å². The van der Waals surface area contributed by atoms with E-state index in [1.54, 1.807) is 22.3 Å². The smallest absolute Gasteiger partial charge is 0.254 e. The molecule has 214 valence electrons. The number of aryl methyl sites for hydroxylation is 1. The molecule has 2 heterocycles. The molecule has 0 bridgehead atoms. The number of aliphatic hydroxyl groups excluding tert-OH is 2. The van der Waals surface area contributed by atoms with Gasteiger partial charge in [0.15, 0.2) is 12.2 Å². The first-order chi connectivity index (χ1) is 18.6. The molecule has 0 aliphatic carbocycles. The van der Waals surface area contributed by atoms with Crippen LogP contribution in [0.4, 0.5) is 0 Å². The lowest BCUT2D eigenvalue weighted by atomic mass is 9.99. The fraction of sp³-hybridized carbons (Fsp3) is 0.500. The first-order valence-corrected chi connectivity index (χ1v) is 14.8. The largest absolute Gasteiger partial charge is 0.380 e. The number of carbonyl (C=O) groups is 2. The second-order valence-corrected chi connectivity index (χ2v) is 11.3. The van der Waals surface area contributed by atoms with E-state index in [9.17, 15) is 19.8 Å². The number of likely N-dealkylation sites (tertiary alicyclic amines) is 1. The summed E-state index contributed by atoms with van der Waals surface area (Å²) in [6, 6.07) is 10.4. The minimum Gasteiger partial charge on any atom is -0.380 e. The molecule has 1 fully saturated rings. The van der Waals surface area contributed by atoms with Gasteiger partial charge in [-0.25, -0.2) is 0 Å². The lowest BCUT2D eigenvalue weighted by Crippen LogP contribution is -2.52. The van der Waals surface area contributed by atoms with Gasteiger partial charge < -0.3 is 20.4 Å². The molecule has 0 radical (unpaired) electrons. The molecule has 3 N–H and O–H groups in total. The summed E-state index contributed by atoms with van der Waals surface area (Å²) in [6.07, 6.45) is 4.68. The van der Waals surface area contributed by atoms with Crippen LogP contribution in [0.25, 0.3) is 0 Å². The number of allylic oxidation sites excluding steroid dienone is 2. The molecule has 3 rings (SSSR count). The Morgan fingerprint density at radius 2 is 1.97 bits per heavy atom. The van der Waals surface area contributed by atoms with Crippen LogP contribution in [0.1, 0.15) is 68.5 Å². The highest BCUT2D eigenvalue weighted by atomic mass is 32.1. The van der Waals surface area contributed by atoms with Crippen molar-refractivity contribution in [3.8, 4) is 0 Å². The Hall–Kier alpha value is -2.74. The summed E-state index contributed by atoms with van der Waals surface area (Å²) >= 11 is 1.64. The van der Waals surface area contributed by atoms with E-state index in [1.807, 2.05) is 19.1 Å². The molecule has 2 amide bonds. The maximum absolute atomic E-state index is 12.7. The molecule has 6 nitrogen and oxygen atoms in total. The van der Waals surface area contributed by atoms with Gasteiger partial charge in [0.25, 0.3) is 11.8 Å². The van der Waals surface area contributed by atoms with Crippen molar-refractivity contribution in [1.29, 1.82) is 0 Å². The molecule has 1 saturated heterocycles. The summed E-state index contributed by atoms with van der Waals surface area (Å²) in [7, 11) is 0. The van der Waals surface area contributed by atoms with Gasteiger partial charge in [-0.2, -0.15) is 0 Å². The number of hydrogen-bond acceptors (Lipinski definition) is 5. The van der Waals surface area contributed by atoms with Crippen molar-refractivity contribution in [2.24, 2.45) is 5.92 Å². The van der Waals surface area contributed by atoms with Crippen molar-refractivity contribution < 1.29 is 19.8 Å². The van der Waals surface area contributed by atoms with E-state index in [4.69, 9.17) is 0 Å². The first-order valence-electron chi connectivity index (χ1n) is 13.9. The lowest BCUT2D eigenvalue weighted by molar-refractivity contribution is -0.154. The minimum absolute atomic E-state index is 0.0624. The van der Waals surface area contributed by atoms with Crippen LogP contribution in [0.15, 0.2) is 60.0 Å². The van der Waals surface area contributed by atoms with E-state index in [0.29, 0.717) is 19.5 Å². The number of rotatable bonds is 11. The van der Waals surface area contributed by atoms with E-state index < -0.39 is 24.0 Å². The molecule has 0 saturated carbocycles. The maximum atomic E-state index is 12.7.